The highest BCUT2D eigenvalue weighted by atomic mass is 79.9. The van der Waals surface area contributed by atoms with Gasteiger partial charge in [0.2, 0.25) is 0 Å². The van der Waals surface area contributed by atoms with Crippen molar-refractivity contribution in [1.82, 2.24) is 0 Å². The predicted octanol–water partition coefficient (Wildman–Crippen LogP) is 3.75. The lowest BCUT2D eigenvalue weighted by molar-refractivity contribution is -0.133. The second-order valence-corrected chi connectivity index (χ2v) is 5.32. The third-order valence-corrected chi connectivity index (χ3v) is 3.44. The predicted molar refractivity (Wildman–Crippen MR) is 83.0 cm³/mol. The third kappa shape index (κ3) is 3.98. The zero-order chi connectivity index (χ0) is 16.1. The molecule has 0 unspecified atom stereocenters. The maximum Gasteiger partial charge on any atom is 0.315 e. The fourth-order valence-electron chi connectivity index (χ4n) is 1.87. The zero-order valence-electron chi connectivity index (χ0n) is 12.1. The van der Waals surface area contributed by atoms with E-state index in [1.165, 1.54) is 19.2 Å². The highest BCUT2D eigenvalue weighted by molar-refractivity contribution is 9.10. The van der Waals surface area contributed by atoms with Crippen LogP contribution in [0, 0.1) is 5.82 Å². The quantitative estimate of drug-likeness (QED) is 0.595. The number of hydrogen-bond acceptors (Lipinski definition) is 4. The Balaban J connectivity index is 2.12. The molecule has 0 aliphatic heterocycles. The second-order valence-electron chi connectivity index (χ2n) is 4.40. The highest BCUT2D eigenvalue weighted by Gasteiger charge is 2.14. The molecule has 0 N–H and O–H groups in total. The monoisotopic (exact) mass is 368 g/mol. The number of ether oxygens (including phenoxy) is 3. The molecule has 116 valence electrons. The number of esters is 1. The topological polar surface area (TPSA) is 44.8 Å². The second kappa shape index (κ2) is 7.26. The molecule has 4 nitrogen and oxygen atoms in total. The summed E-state index contributed by atoms with van der Waals surface area (Å²) in [4.78, 5) is 12.0. The summed E-state index contributed by atoms with van der Waals surface area (Å²) in [6, 6.07) is 9.31. The molecule has 0 atom stereocenters. The lowest BCUT2D eigenvalue weighted by atomic mass is 10.1. The van der Waals surface area contributed by atoms with Crippen molar-refractivity contribution in [2.45, 2.75) is 6.42 Å². The van der Waals surface area contributed by atoms with Gasteiger partial charge >= 0.3 is 5.97 Å². The fourth-order valence-corrected chi connectivity index (χ4v) is 2.20. The van der Waals surface area contributed by atoms with E-state index in [2.05, 4.69) is 15.9 Å². The van der Waals surface area contributed by atoms with Gasteiger partial charge in [0.25, 0.3) is 0 Å². The Hall–Kier alpha value is -2.08. The highest BCUT2D eigenvalue weighted by Crippen LogP contribution is 2.26. The van der Waals surface area contributed by atoms with Gasteiger partial charge in [0.15, 0.2) is 11.6 Å². The Bertz CT molecular complexity index is 688. The van der Waals surface area contributed by atoms with Crippen LogP contribution in [0.25, 0.3) is 0 Å². The Morgan fingerprint density at radius 2 is 1.86 bits per heavy atom. The molecular formula is C16H14BrFO4. The summed E-state index contributed by atoms with van der Waals surface area (Å²) >= 11 is 3.14. The van der Waals surface area contributed by atoms with E-state index in [4.69, 9.17) is 14.2 Å². The van der Waals surface area contributed by atoms with Gasteiger partial charge in [-0.3, -0.25) is 4.79 Å². The summed E-state index contributed by atoms with van der Waals surface area (Å²) in [6.45, 7) is 0. The molecule has 6 heteroatoms. The first-order valence-electron chi connectivity index (χ1n) is 6.40. The van der Waals surface area contributed by atoms with Crippen LogP contribution in [0.2, 0.25) is 0 Å². The van der Waals surface area contributed by atoms with Crippen LogP contribution in [0.1, 0.15) is 5.56 Å². The Kier molecular flexibility index (Phi) is 5.38. The molecule has 2 aromatic carbocycles. The summed E-state index contributed by atoms with van der Waals surface area (Å²) in [5.41, 5.74) is 0.630. The van der Waals surface area contributed by atoms with E-state index in [1.807, 2.05) is 0 Å². The number of benzene rings is 2. The van der Waals surface area contributed by atoms with E-state index in [1.54, 1.807) is 31.4 Å². The average Bonchev–Trinajstić information content (AvgIpc) is 2.50. The third-order valence-electron chi connectivity index (χ3n) is 2.95. The van der Waals surface area contributed by atoms with Crippen LogP contribution >= 0.6 is 15.9 Å². The molecule has 0 aliphatic rings. The van der Waals surface area contributed by atoms with Gasteiger partial charge in [-0.25, -0.2) is 4.39 Å². The molecule has 0 saturated carbocycles. The number of methoxy groups -OCH3 is 2. The molecular weight excluding hydrogens is 355 g/mol. The summed E-state index contributed by atoms with van der Waals surface area (Å²) in [5.74, 6) is -0.171. The van der Waals surface area contributed by atoms with Crippen LogP contribution in [-0.2, 0) is 11.2 Å². The van der Waals surface area contributed by atoms with Crippen LogP contribution in [0.3, 0.4) is 0 Å². The fraction of sp³-hybridized carbons (Fsp3) is 0.188. The van der Waals surface area contributed by atoms with Crippen molar-refractivity contribution in [2.75, 3.05) is 14.2 Å². The number of carbonyl (C=O) groups excluding carboxylic acids is 1. The minimum absolute atomic E-state index is 0.0390. The maximum atomic E-state index is 13.6. The van der Waals surface area contributed by atoms with Crippen molar-refractivity contribution < 1.29 is 23.4 Å². The standard InChI is InChI=1S/C16H14BrFO4/c1-20-12-5-3-10(15(9-12)21-2)7-16(19)22-14-6-4-11(17)8-13(14)18/h3-6,8-9H,7H2,1-2H3. The van der Waals surface area contributed by atoms with Crippen molar-refractivity contribution in [1.29, 1.82) is 0 Å². The number of halogens is 2. The van der Waals surface area contributed by atoms with Crippen LogP contribution in [-0.4, -0.2) is 20.2 Å². The lowest BCUT2D eigenvalue weighted by Crippen LogP contribution is -2.12. The summed E-state index contributed by atoms with van der Waals surface area (Å²) in [6.07, 6.45) is -0.0390. The Labute approximate surface area is 135 Å². The minimum atomic E-state index is -0.607. The van der Waals surface area contributed by atoms with Crippen LogP contribution < -0.4 is 14.2 Å². The first kappa shape index (κ1) is 16.3. The van der Waals surface area contributed by atoms with Gasteiger partial charge < -0.3 is 14.2 Å². The maximum absolute atomic E-state index is 13.6. The number of rotatable bonds is 5. The van der Waals surface area contributed by atoms with Gasteiger partial charge in [-0.05, 0) is 24.3 Å². The molecule has 0 aliphatic carbocycles. The van der Waals surface area contributed by atoms with Gasteiger partial charge in [-0.1, -0.05) is 22.0 Å². The molecule has 0 aromatic heterocycles. The molecule has 0 amide bonds. The van der Waals surface area contributed by atoms with Gasteiger partial charge in [0, 0.05) is 16.1 Å². The van der Waals surface area contributed by atoms with Crippen LogP contribution in [0.15, 0.2) is 40.9 Å². The van der Waals surface area contributed by atoms with E-state index < -0.39 is 11.8 Å². The van der Waals surface area contributed by atoms with Gasteiger partial charge in [0.1, 0.15) is 11.5 Å². The molecule has 0 radical (unpaired) electrons. The number of hydrogen-bond donors (Lipinski definition) is 0. The minimum Gasteiger partial charge on any atom is -0.497 e. The van der Waals surface area contributed by atoms with Crippen molar-refractivity contribution >= 4 is 21.9 Å². The van der Waals surface area contributed by atoms with E-state index >= 15 is 0 Å². The number of carbonyl (C=O) groups is 1. The molecule has 2 aromatic rings. The van der Waals surface area contributed by atoms with Crippen LogP contribution in [0.4, 0.5) is 4.39 Å². The molecule has 2 rings (SSSR count). The van der Waals surface area contributed by atoms with Crippen molar-refractivity contribution in [3.8, 4) is 17.2 Å². The van der Waals surface area contributed by atoms with E-state index in [0.717, 1.165) is 0 Å². The summed E-state index contributed by atoms with van der Waals surface area (Å²) in [7, 11) is 3.04. The molecule has 0 fully saturated rings. The molecule has 22 heavy (non-hydrogen) atoms. The summed E-state index contributed by atoms with van der Waals surface area (Å²) in [5, 5.41) is 0. The van der Waals surface area contributed by atoms with Crippen molar-refractivity contribution in [3.05, 3.63) is 52.3 Å². The molecule has 0 heterocycles. The lowest BCUT2D eigenvalue weighted by Gasteiger charge is -2.10. The summed E-state index contributed by atoms with van der Waals surface area (Å²) < 4.78 is 29.6. The molecule has 0 spiro atoms. The average molecular weight is 369 g/mol. The van der Waals surface area contributed by atoms with Gasteiger partial charge in [-0.2, -0.15) is 0 Å². The Morgan fingerprint density at radius 3 is 2.50 bits per heavy atom. The van der Waals surface area contributed by atoms with Gasteiger partial charge in [0.05, 0.1) is 20.6 Å². The largest absolute Gasteiger partial charge is 0.497 e. The Morgan fingerprint density at radius 1 is 1.09 bits per heavy atom. The first-order valence-corrected chi connectivity index (χ1v) is 7.19. The SMILES string of the molecule is COc1ccc(CC(=O)Oc2ccc(Br)cc2F)c(OC)c1. The molecule has 0 bridgehead atoms. The van der Waals surface area contributed by atoms with Crippen LogP contribution in [0.5, 0.6) is 17.2 Å². The smallest absolute Gasteiger partial charge is 0.315 e. The van der Waals surface area contributed by atoms with E-state index in [0.29, 0.717) is 21.5 Å². The van der Waals surface area contributed by atoms with E-state index in [-0.39, 0.29) is 12.2 Å². The van der Waals surface area contributed by atoms with Crippen molar-refractivity contribution in [2.24, 2.45) is 0 Å². The normalized spacial score (nSPS) is 10.2. The zero-order valence-corrected chi connectivity index (χ0v) is 13.6. The van der Waals surface area contributed by atoms with Crippen molar-refractivity contribution in [3.63, 3.8) is 0 Å². The first-order chi connectivity index (χ1) is 10.5. The van der Waals surface area contributed by atoms with E-state index in [9.17, 15) is 9.18 Å². The molecule has 0 saturated heterocycles. The van der Waals surface area contributed by atoms with Gasteiger partial charge in [-0.15, -0.1) is 0 Å².